The Morgan fingerprint density at radius 2 is 1.81 bits per heavy atom. The number of hydrogen-bond acceptors (Lipinski definition) is 3. The molecule has 0 atom stereocenters. The molecule has 0 aliphatic rings. The molecule has 3 rings (SSSR count). The third kappa shape index (κ3) is 4.45. The summed E-state index contributed by atoms with van der Waals surface area (Å²) in [5.41, 5.74) is 5.33. The van der Waals surface area contributed by atoms with Crippen LogP contribution in [0.25, 0.3) is 0 Å². The van der Waals surface area contributed by atoms with E-state index in [1.54, 1.807) is 24.4 Å². The number of carbonyl (C=O) groups excluding carboxylic acids is 1. The van der Waals surface area contributed by atoms with E-state index >= 15 is 0 Å². The van der Waals surface area contributed by atoms with Crippen LogP contribution in [0.2, 0.25) is 0 Å². The van der Waals surface area contributed by atoms with Gasteiger partial charge >= 0.3 is 0 Å². The molecule has 5 heteroatoms. The second kappa shape index (κ2) is 7.78. The SMILES string of the molecule is Cc1ccc(Nc2ccc(C(=O)NCc3ccc(F)cc3)nc2)c(C)c1. The van der Waals surface area contributed by atoms with Crippen LogP contribution < -0.4 is 10.6 Å². The molecule has 0 bridgehead atoms. The van der Waals surface area contributed by atoms with Crippen LogP contribution >= 0.6 is 0 Å². The Labute approximate surface area is 152 Å². The van der Waals surface area contributed by atoms with Crippen molar-refractivity contribution in [3.63, 3.8) is 0 Å². The van der Waals surface area contributed by atoms with Gasteiger partial charge in [-0.1, -0.05) is 29.8 Å². The average molecular weight is 349 g/mol. The molecule has 0 saturated carbocycles. The van der Waals surface area contributed by atoms with Crippen molar-refractivity contribution >= 4 is 17.3 Å². The molecular formula is C21H20FN3O. The zero-order valence-corrected chi connectivity index (χ0v) is 14.7. The third-order valence-corrected chi connectivity index (χ3v) is 4.02. The van der Waals surface area contributed by atoms with Gasteiger partial charge in [0.15, 0.2) is 0 Å². The number of aromatic nitrogens is 1. The highest BCUT2D eigenvalue weighted by atomic mass is 19.1. The Kier molecular flexibility index (Phi) is 5.27. The highest BCUT2D eigenvalue weighted by Crippen LogP contribution is 2.21. The number of amides is 1. The van der Waals surface area contributed by atoms with Gasteiger partial charge in [0.2, 0.25) is 0 Å². The molecule has 0 aliphatic heterocycles. The highest BCUT2D eigenvalue weighted by molar-refractivity contribution is 5.92. The molecule has 0 unspecified atom stereocenters. The summed E-state index contributed by atoms with van der Waals surface area (Å²) < 4.78 is 12.9. The molecule has 2 aromatic carbocycles. The Morgan fingerprint density at radius 1 is 1.04 bits per heavy atom. The van der Waals surface area contributed by atoms with Crippen molar-refractivity contribution in [3.8, 4) is 0 Å². The van der Waals surface area contributed by atoms with E-state index in [-0.39, 0.29) is 11.7 Å². The smallest absolute Gasteiger partial charge is 0.270 e. The molecule has 1 aromatic heterocycles. The minimum atomic E-state index is -0.298. The number of carbonyl (C=O) groups is 1. The summed E-state index contributed by atoms with van der Waals surface area (Å²) in [7, 11) is 0. The molecule has 132 valence electrons. The molecule has 1 heterocycles. The van der Waals surface area contributed by atoms with Crippen LogP contribution in [0.15, 0.2) is 60.8 Å². The Balaban J connectivity index is 1.61. The molecular weight excluding hydrogens is 329 g/mol. The number of pyridine rings is 1. The van der Waals surface area contributed by atoms with E-state index in [1.165, 1.54) is 17.7 Å². The van der Waals surface area contributed by atoms with Gasteiger partial charge in [0.25, 0.3) is 5.91 Å². The van der Waals surface area contributed by atoms with Crippen LogP contribution in [-0.2, 0) is 6.54 Å². The quantitative estimate of drug-likeness (QED) is 0.712. The largest absolute Gasteiger partial charge is 0.354 e. The lowest BCUT2D eigenvalue weighted by molar-refractivity contribution is 0.0946. The first-order valence-corrected chi connectivity index (χ1v) is 8.34. The predicted molar refractivity (Wildman–Crippen MR) is 101 cm³/mol. The number of hydrogen-bond donors (Lipinski definition) is 2. The zero-order valence-electron chi connectivity index (χ0n) is 14.7. The maximum Gasteiger partial charge on any atom is 0.270 e. The number of nitrogens with one attached hydrogen (secondary N) is 2. The Hall–Kier alpha value is -3.21. The lowest BCUT2D eigenvalue weighted by Crippen LogP contribution is -2.23. The van der Waals surface area contributed by atoms with Crippen molar-refractivity contribution in [2.24, 2.45) is 0 Å². The normalized spacial score (nSPS) is 10.4. The molecule has 0 spiro atoms. The second-order valence-electron chi connectivity index (χ2n) is 6.18. The van der Waals surface area contributed by atoms with E-state index in [9.17, 15) is 9.18 Å². The van der Waals surface area contributed by atoms with Gasteiger partial charge < -0.3 is 10.6 Å². The van der Waals surface area contributed by atoms with E-state index in [0.717, 1.165) is 22.5 Å². The number of aryl methyl sites for hydroxylation is 2. The third-order valence-electron chi connectivity index (χ3n) is 4.02. The number of anilines is 2. The first-order valence-electron chi connectivity index (χ1n) is 8.34. The van der Waals surface area contributed by atoms with Gasteiger partial charge in [0.05, 0.1) is 11.9 Å². The molecule has 3 aromatic rings. The minimum absolute atomic E-state index is 0.271. The molecule has 4 nitrogen and oxygen atoms in total. The lowest BCUT2D eigenvalue weighted by atomic mass is 10.1. The Morgan fingerprint density at radius 3 is 2.46 bits per heavy atom. The zero-order chi connectivity index (χ0) is 18.5. The summed E-state index contributed by atoms with van der Waals surface area (Å²) >= 11 is 0. The number of nitrogens with zero attached hydrogens (tertiary/aromatic N) is 1. The minimum Gasteiger partial charge on any atom is -0.354 e. The van der Waals surface area contributed by atoms with E-state index < -0.39 is 0 Å². The molecule has 0 radical (unpaired) electrons. The number of rotatable bonds is 5. The van der Waals surface area contributed by atoms with Gasteiger partial charge in [-0.3, -0.25) is 4.79 Å². The van der Waals surface area contributed by atoms with Gasteiger partial charge in [0.1, 0.15) is 11.5 Å². The van der Waals surface area contributed by atoms with Gasteiger partial charge in [-0.2, -0.15) is 0 Å². The predicted octanol–water partition coefficient (Wildman–Crippen LogP) is 4.51. The van der Waals surface area contributed by atoms with Crippen molar-refractivity contribution in [1.29, 1.82) is 0 Å². The standard InChI is InChI=1S/C21H20FN3O/c1-14-3-9-19(15(2)11-14)25-18-8-10-20(23-13-18)21(26)24-12-16-4-6-17(22)7-5-16/h3-11,13,25H,12H2,1-2H3,(H,24,26). The summed E-state index contributed by atoms with van der Waals surface area (Å²) in [6.45, 7) is 4.42. The molecule has 0 fully saturated rings. The maximum atomic E-state index is 12.9. The topological polar surface area (TPSA) is 54.0 Å². The van der Waals surface area contributed by atoms with Crippen LogP contribution in [0.4, 0.5) is 15.8 Å². The number of halogens is 1. The summed E-state index contributed by atoms with van der Waals surface area (Å²) in [5, 5.41) is 6.07. The Bertz CT molecular complexity index is 906. The fourth-order valence-electron chi connectivity index (χ4n) is 2.59. The molecule has 0 aliphatic carbocycles. The van der Waals surface area contributed by atoms with E-state index in [4.69, 9.17) is 0 Å². The van der Waals surface area contributed by atoms with Crippen LogP contribution in [-0.4, -0.2) is 10.9 Å². The van der Waals surface area contributed by atoms with Crippen LogP contribution in [0, 0.1) is 19.7 Å². The molecule has 0 saturated heterocycles. The highest BCUT2D eigenvalue weighted by Gasteiger charge is 2.07. The fraction of sp³-hybridized carbons (Fsp3) is 0.143. The van der Waals surface area contributed by atoms with E-state index in [0.29, 0.717) is 12.2 Å². The van der Waals surface area contributed by atoms with Gasteiger partial charge in [0, 0.05) is 12.2 Å². The van der Waals surface area contributed by atoms with E-state index in [1.807, 2.05) is 25.1 Å². The van der Waals surface area contributed by atoms with E-state index in [2.05, 4.69) is 28.6 Å². The summed E-state index contributed by atoms with van der Waals surface area (Å²) in [5.74, 6) is -0.568. The van der Waals surface area contributed by atoms with Gasteiger partial charge in [-0.15, -0.1) is 0 Å². The van der Waals surface area contributed by atoms with Gasteiger partial charge in [-0.05, 0) is 55.3 Å². The lowest BCUT2D eigenvalue weighted by Gasteiger charge is -2.10. The average Bonchev–Trinajstić information content (AvgIpc) is 2.64. The first kappa shape index (κ1) is 17.6. The van der Waals surface area contributed by atoms with Crippen molar-refractivity contribution in [2.75, 3.05) is 5.32 Å². The first-order chi connectivity index (χ1) is 12.5. The van der Waals surface area contributed by atoms with Crippen molar-refractivity contribution in [2.45, 2.75) is 20.4 Å². The van der Waals surface area contributed by atoms with Gasteiger partial charge in [-0.25, -0.2) is 9.37 Å². The van der Waals surface area contributed by atoms with Crippen molar-refractivity contribution in [1.82, 2.24) is 10.3 Å². The monoisotopic (exact) mass is 349 g/mol. The van der Waals surface area contributed by atoms with Crippen molar-refractivity contribution in [3.05, 3.63) is 89.0 Å². The summed E-state index contributed by atoms with van der Waals surface area (Å²) in [6.07, 6.45) is 1.63. The second-order valence-corrected chi connectivity index (χ2v) is 6.18. The van der Waals surface area contributed by atoms with Crippen LogP contribution in [0.5, 0.6) is 0 Å². The number of benzene rings is 2. The summed E-state index contributed by atoms with van der Waals surface area (Å²) in [6, 6.07) is 15.7. The van der Waals surface area contributed by atoms with Crippen LogP contribution in [0.3, 0.4) is 0 Å². The molecule has 2 N–H and O–H groups in total. The molecule has 1 amide bonds. The fourth-order valence-corrected chi connectivity index (χ4v) is 2.59. The van der Waals surface area contributed by atoms with Crippen molar-refractivity contribution < 1.29 is 9.18 Å². The van der Waals surface area contributed by atoms with Crippen LogP contribution in [0.1, 0.15) is 27.2 Å². The summed E-state index contributed by atoms with van der Waals surface area (Å²) in [4.78, 5) is 16.4. The molecule has 26 heavy (non-hydrogen) atoms. The maximum absolute atomic E-state index is 12.9.